The molecule has 0 radical (unpaired) electrons. The van der Waals surface area contributed by atoms with Gasteiger partial charge in [0.2, 0.25) is 0 Å². The van der Waals surface area contributed by atoms with Crippen LogP contribution in [-0.2, 0) is 61.6 Å². The smallest absolute Gasteiger partial charge is 0.187 e. The van der Waals surface area contributed by atoms with E-state index in [4.69, 9.17) is 61.6 Å². The van der Waals surface area contributed by atoms with Crippen LogP contribution in [0, 0.1) is 39.9 Å². The van der Waals surface area contributed by atoms with Crippen molar-refractivity contribution < 1.29 is 164 Å². The van der Waals surface area contributed by atoms with Gasteiger partial charge in [0, 0.05) is 0 Å². The van der Waals surface area contributed by atoms with Gasteiger partial charge in [0.05, 0.1) is 63.6 Å². The van der Waals surface area contributed by atoms with E-state index in [9.17, 15) is 102 Å². The van der Waals surface area contributed by atoms with E-state index in [-0.39, 0.29) is 47.3 Å². The molecular formula is C65H110O33. The molecule has 2 saturated carbocycles. The molecule has 0 aromatic carbocycles. The summed E-state index contributed by atoms with van der Waals surface area (Å²) in [5.74, 6) is -0.485. The summed E-state index contributed by atoms with van der Waals surface area (Å²) in [6, 6.07) is 0. The minimum atomic E-state index is -1.93. The van der Waals surface area contributed by atoms with Crippen LogP contribution in [0.15, 0.2) is 12.2 Å². The van der Waals surface area contributed by atoms with Gasteiger partial charge in [0.15, 0.2) is 37.7 Å². The predicted octanol–water partition coefficient (Wildman–Crippen LogP) is -6.54. The maximum Gasteiger partial charge on any atom is 0.187 e. The van der Waals surface area contributed by atoms with Gasteiger partial charge in [-0.1, -0.05) is 46.8 Å². The van der Waals surface area contributed by atoms with Gasteiger partial charge in [-0.15, -0.1) is 0 Å². The van der Waals surface area contributed by atoms with Gasteiger partial charge in [0.25, 0.3) is 0 Å². The lowest BCUT2D eigenvalue weighted by molar-refractivity contribution is -0.386. The molecule has 20 N–H and O–H groups in total. The molecule has 10 rings (SSSR count). The lowest BCUT2D eigenvalue weighted by Gasteiger charge is -2.63. The minimum Gasteiger partial charge on any atom is -0.394 e. The van der Waals surface area contributed by atoms with Gasteiger partial charge in [0.1, 0.15) is 146 Å². The Bertz CT molecular complexity index is 2550. The fourth-order valence-corrected chi connectivity index (χ4v) is 17.5. The Kier molecular flexibility index (Phi) is 25.7. The molecule has 0 aromatic rings. The maximum absolute atomic E-state index is 12.2. The Labute approximate surface area is 568 Å². The molecular weight excluding hydrogens is 1310 g/mol. The van der Waals surface area contributed by atoms with Crippen LogP contribution in [-0.4, -0.2) is 350 Å². The number of allylic oxidation sites excluding steroid dienone is 2. The normalized spacial score (nSPS) is 52.3. The van der Waals surface area contributed by atoms with E-state index < -0.39 is 253 Å². The van der Waals surface area contributed by atoms with Gasteiger partial charge in [-0.2, -0.15) is 0 Å². The third-order valence-corrected chi connectivity index (χ3v) is 23.9. The molecule has 33 heteroatoms. The van der Waals surface area contributed by atoms with Crippen molar-refractivity contribution >= 4 is 0 Å². The highest BCUT2D eigenvalue weighted by atomic mass is 16.8. The van der Waals surface area contributed by atoms with Crippen LogP contribution in [0.2, 0.25) is 0 Å². The Morgan fingerprint density at radius 3 is 1.52 bits per heavy atom. The van der Waals surface area contributed by atoms with Crippen LogP contribution < -0.4 is 0 Å². The summed E-state index contributed by atoms with van der Waals surface area (Å²) in [5, 5.41) is 219. The van der Waals surface area contributed by atoms with Crippen molar-refractivity contribution in [3.8, 4) is 0 Å². The second kappa shape index (κ2) is 31.9. The van der Waals surface area contributed by atoms with Crippen molar-refractivity contribution in [2.45, 2.75) is 314 Å². The number of fused-ring (bicyclic) bond motifs is 6. The molecule has 7 aliphatic heterocycles. The number of aliphatic hydroxyl groups excluding tert-OH is 19. The van der Waals surface area contributed by atoms with Gasteiger partial charge in [-0.05, 0) is 112 Å². The van der Waals surface area contributed by atoms with E-state index in [1.54, 1.807) is 0 Å². The molecule has 7 heterocycles. The topological polar surface area (TPSA) is 525 Å². The van der Waals surface area contributed by atoms with E-state index in [2.05, 4.69) is 32.9 Å². The molecule has 568 valence electrons. The molecule has 33 nitrogen and oxygen atoms in total. The molecule has 0 spiro atoms. The highest BCUT2D eigenvalue weighted by Crippen LogP contribution is 2.73. The molecule has 3 aliphatic carbocycles. The van der Waals surface area contributed by atoms with E-state index in [1.807, 2.05) is 13.8 Å². The van der Waals surface area contributed by atoms with Crippen molar-refractivity contribution in [1.82, 2.24) is 0 Å². The molecule has 9 fully saturated rings. The summed E-state index contributed by atoms with van der Waals surface area (Å²) in [6.07, 6.45) is -43.8. The number of ether oxygens (including phenoxy) is 13. The Hall–Kier alpha value is -1.58. The lowest BCUT2D eigenvalue weighted by atomic mass is 9.41. The van der Waals surface area contributed by atoms with Crippen LogP contribution in [0.3, 0.4) is 0 Å². The molecule has 0 aromatic heterocycles. The summed E-state index contributed by atoms with van der Waals surface area (Å²) < 4.78 is 79.5. The fraction of sp³-hybridized carbons (Fsp3) is 0.969. The summed E-state index contributed by atoms with van der Waals surface area (Å²) >= 11 is 0. The first-order valence-corrected chi connectivity index (χ1v) is 34.6. The van der Waals surface area contributed by atoms with E-state index >= 15 is 0 Å². The molecule has 2 bridgehead atoms. The maximum atomic E-state index is 12.2. The average molecular weight is 1420 g/mol. The second-order valence-electron chi connectivity index (χ2n) is 30.5. The zero-order valence-corrected chi connectivity index (χ0v) is 56.4. The van der Waals surface area contributed by atoms with Gasteiger partial charge in [-0.25, -0.2) is 0 Å². The largest absolute Gasteiger partial charge is 0.394 e. The first-order valence-electron chi connectivity index (χ1n) is 34.6. The highest BCUT2D eigenvalue weighted by molar-refractivity contribution is 5.20. The van der Waals surface area contributed by atoms with E-state index in [1.165, 1.54) is 13.8 Å². The van der Waals surface area contributed by atoms with Crippen LogP contribution in [0.25, 0.3) is 0 Å². The second-order valence-corrected chi connectivity index (χ2v) is 30.5. The van der Waals surface area contributed by atoms with Crippen molar-refractivity contribution in [2.24, 2.45) is 39.9 Å². The molecule has 0 amide bonds. The first-order chi connectivity index (χ1) is 46.2. The Balaban J connectivity index is 0.870. The number of rotatable bonds is 20. The summed E-state index contributed by atoms with van der Waals surface area (Å²) in [7, 11) is 0. The van der Waals surface area contributed by atoms with Gasteiger partial charge < -0.3 is 164 Å². The third-order valence-electron chi connectivity index (χ3n) is 23.9. The van der Waals surface area contributed by atoms with Crippen LogP contribution >= 0.6 is 0 Å². The zero-order valence-electron chi connectivity index (χ0n) is 56.4. The standard InChI is InChI=1S/C65H110O33/c1-25(2)28(89-60-54(97-58-51(83)46(78)40(72)32(21-68)92-58)47(79)41(73)34(94-60)23-86-56-49(81)44(76)38(70)30(19-66)90-56)12-11-26-9-8-10-36-63(26,5)17-18-64(6)27(15-16-65(36,64)7)29-13-14-37(62(3,4)85)96-61-55(98-59-52(84)53(88-29)43(75)33(22-69)93-59)48(80)42(74)35(95-61)24-87-57-50(82)45(77)39(71)31(20-67)91-57/h8-9,25-61,66-85H,10-24H2,1-7H3. The monoisotopic (exact) mass is 1420 g/mol. The molecule has 10 aliphatic rings. The molecule has 39 unspecified atom stereocenters. The molecule has 98 heavy (non-hydrogen) atoms. The van der Waals surface area contributed by atoms with Crippen molar-refractivity contribution in [3.63, 3.8) is 0 Å². The van der Waals surface area contributed by atoms with Crippen LogP contribution in [0.4, 0.5) is 0 Å². The lowest BCUT2D eigenvalue weighted by Crippen LogP contribution is -2.66. The molecule has 7 saturated heterocycles. The fourth-order valence-electron chi connectivity index (χ4n) is 17.5. The average Bonchev–Trinajstić information content (AvgIpc) is 1.46. The third kappa shape index (κ3) is 15.3. The van der Waals surface area contributed by atoms with Crippen LogP contribution in [0.5, 0.6) is 0 Å². The predicted molar refractivity (Wildman–Crippen MR) is 327 cm³/mol. The van der Waals surface area contributed by atoms with E-state index in [0.717, 1.165) is 19.3 Å². The van der Waals surface area contributed by atoms with Gasteiger partial charge >= 0.3 is 0 Å². The highest BCUT2D eigenvalue weighted by Gasteiger charge is 2.67. The van der Waals surface area contributed by atoms with Crippen molar-refractivity contribution in [1.29, 1.82) is 0 Å². The van der Waals surface area contributed by atoms with Crippen molar-refractivity contribution in [3.05, 3.63) is 12.2 Å². The Morgan fingerprint density at radius 2 is 0.969 bits per heavy atom. The SMILES string of the molecule is CC(C)C(CCC1C=CCC2C1(C)CCC1(C)C(C3CCC(C(C)(C)O)OC4OC(COC5OC(CO)C(O)C(O)C5O)C(O)C(O)C4OC4OC(CO)C(O)C(O3)C4O)CCC21C)OC1OC(COC2OC(CO)C(O)C(O)C2O)C(O)C(O)C1OC1OC(CO)C(O)C(O)C1O. The van der Waals surface area contributed by atoms with Crippen LogP contribution in [0.1, 0.15) is 106 Å². The van der Waals surface area contributed by atoms with Crippen molar-refractivity contribution in [2.75, 3.05) is 39.6 Å². The zero-order chi connectivity index (χ0) is 71.6. The van der Waals surface area contributed by atoms with Gasteiger partial charge in [-0.3, -0.25) is 0 Å². The quantitative estimate of drug-likeness (QED) is 0.0504. The minimum absolute atomic E-state index is 0.0430. The van der Waals surface area contributed by atoms with E-state index in [0.29, 0.717) is 25.7 Å². The summed E-state index contributed by atoms with van der Waals surface area (Å²) in [5.41, 5.74) is -2.83. The Morgan fingerprint density at radius 1 is 0.469 bits per heavy atom. The number of aliphatic hydroxyl groups is 20. The summed E-state index contributed by atoms with van der Waals surface area (Å²) in [4.78, 5) is 0. The molecule has 39 atom stereocenters. The first kappa shape index (κ1) is 79.0. The summed E-state index contributed by atoms with van der Waals surface area (Å²) in [6.45, 7) is 9.40. The number of hydrogen-bond acceptors (Lipinski definition) is 33. The number of hydrogen-bond donors (Lipinski definition) is 20.